The van der Waals surface area contributed by atoms with Gasteiger partial charge in [0.2, 0.25) is 0 Å². The molecule has 0 bridgehead atoms. The molecule has 0 unspecified atom stereocenters. The van der Waals surface area contributed by atoms with Crippen LogP contribution < -0.4 is 15.4 Å². The van der Waals surface area contributed by atoms with E-state index < -0.39 is 5.97 Å². The number of thiocarbonyl (C=S) groups is 1. The lowest BCUT2D eigenvalue weighted by Gasteiger charge is -2.11. The van der Waals surface area contributed by atoms with Crippen molar-refractivity contribution in [2.45, 2.75) is 6.42 Å². The van der Waals surface area contributed by atoms with E-state index in [1.165, 1.54) is 12.7 Å². The molecule has 1 amide bonds. The van der Waals surface area contributed by atoms with Crippen molar-refractivity contribution in [2.75, 3.05) is 19.0 Å². The largest absolute Gasteiger partial charge is 0.493 e. The number of carbonyl (C=O) groups excluding carboxylic acids is 2. The number of benzene rings is 3. The van der Waals surface area contributed by atoms with E-state index >= 15 is 0 Å². The summed E-state index contributed by atoms with van der Waals surface area (Å²) in [6, 6.07) is 23.5. The van der Waals surface area contributed by atoms with Crippen molar-refractivity contribution in [3.05, 3.63) is 95.6 Å². The predicted molar refractivity (Wildman–Crippen MR) is 124 cm³/mol. The van der Waals surface area contributed by atoms with Crippen molar-refractivity contribution >= 4 is 34.9 Å². The van der Waals surface area contributed by atoms with Crippen LogP contribution in [0.3, 0.4) is 0 Å². The molecule has 0 saturated heterocycles. The number of methoxy groups -OCH3 is 1. The average Bonchev–Trinajstić information content (AvgIpc) is 2.80. The molecular weight excluding hydrogens is 412 g/mol. The number of amides is 1. The Morgan fingerprint density at radius 1 is 0.871 bits per heavy atom. The average molecular weight is 435 g/mol. The highest BCUT2D eigenvalue weighted by atomic mass is 32.1. The van der Waals surface area contributed by atoms with E-state index in [0.717, 1.165) is 6.42 Å². The summed E-state index contributed by atoms with van der Waals surface area (Å²) in [7, 11) is 1.32. The topological polar surface area (TPSA) is 76.7 Å². The maximum atomic E-state index is 12.4. The van der Waals surface area contributed by atoms with Gasteiger partial charge in [0.25, 0.3) is 5.91 Å². The fourth-order valence-corrected chi connectivity index (χ4v) is 2.99. The van der Waals surface area contributed by atoms with Crippen LogP contribution >= 0.6 is 12.2 Å². The first-order valence-electron chi connectivity index (χ1n) is 9.62. The van der Waals surface area contributed by atoms with Crippen molar-refractivity contribution in [2.24, 2.45) is 0 Å². The Balaban J connectivity index is 1.47. The van der Waals surface area contributed by atoms with Gasteiger partial charge in [0.05, 0.1) is 19.3 Å². The Kier molecular flexibility index (Phi) is 7.73. The summed E-state index contributed by atoms with van der Waals surface area (Å²) in [5.41, 5.74) is 2.73. The highest BCUT2D eigenvalue weighted by Gasteiger charge is 2.09. The minimum Gasteiger partial charge on any atom is -0.493 e. The minimum atomic E-state index is -0.421. The van der Waals surface area contributed by atoms with Crippen molar-refractivity contribution in [1.29, 1.82) is 0 Å². The molecule has 2 N–H and O–H groups in total. The Morgan fingerprint density at radius 3 is 2.16 bits per heavy atom. The van der Waals surface area contributed by atoms with E-state index in [1.807, 2.05) is 18.2 Å². The maximum absolute atomic E-state index is 12.4. The summed E-state index contributed by atoms with van der Waals surface area (Å²) in [4.78, 5) is 23.9. The zero-order valence-electron chi connectivity index (χ0n) is 17.0. The van der Waals surface area contributed by atoms with Gasteiger partial charge in [-0.15, -0.1) is 0 Å². The van der Waals surface area contributed by atoms with Gasteiger partial charge in [0.15, 0.2) is 5.11 Å². The molecule has 3 aromatic rings. The molecule has 0 aromatic heterocycles. The monoisotopic (exact) mass is 434 g/mol. The lowest BCUT2D eigenvalue weighted by atomic mass is 10.2. The molecular formula is C24H22N2O4S. The minimum absolute atomic E-state index is 0.152. The standard InChI is InChI=1S/C24H22N2O4S/c1-29-23(28)19-7-11-20(12-8-19)25-24(31)26-22(27)18-9-13-21(14-10-18)30-16-15-17-5-3-2-4-6-17/h2-14H,15-16H2,1H3,(H2,25,26,27,31). The third-order valence-corrected chi connectivity index (χ3v) is 4.61. The number of anilines is 1. The molecule has 0 aliphatic heterocycles. The third-order valence-electron chi connectivity index (χ3n) is 4.41. The van der Waals surface area contributed by atoms with E-state index in [2.05, 4.69) is 27.5 Å². The second-order valence-electron chi connectivity index (χ2n) is 6.59. The number of hydrogen-bond acceptors (Lipinski definition) is 5. The number of esters is 1. The molecule has 3 aromatic carbocycles. The van der Waals surface area contributed by atoms with Crippen LogP contribution in [-0.4, -0.2) is 30.7 Å². The van der Waals surface area contributed by atoms with Crippen LogP contribution in [0, 0.1) is 0 Å². The van der Waals surface area contributed by atoms with E-state index in [1.54, 1.807) is 48.5 Å². The van der Waals surface area contributed by atoms with Gasteiger partial charge in [-0.1, -0.05) is 30.3 Å². The lowest BCUT2D eigenvalue weighted by Crippen LogP contribution is -2.34. The summed E-state index contributed by atoms with van der Waals surface area (Å²) in [6.07, 6.45) is 0.809. The Bertz CT molecular complexity index is 1040. The molecule has 0 heterocycles. The summed E-state index contributed by atoms with van der Waals surface area (Å²) in [6.45, 7) is 0.554. The highest BCUT2D eigenvalue weighted by molar-refractivity contribution is 7.80. The lowest BCUT2D eigenvalue weighted by molar-refractivity contribution is 0.0600. The SMILES string of the molecule is COC(=O)c1ccc(NC(=S)NC(=O)c2ccc(OCCc3ccccc3)cc2)cc1. The van der Waals surface area contributed by atoms with Crippen LogP contribution in [0.25, 0.3) is 0 Å². The molecule has 7 heteroatoms. The number of ether oxygens (including phenoxy) is 2. The molecule has 6 nitrogen and oxygen atoms in total. The number of rotatable bonds is 7. The normalized spacial score (nSPS) is 10.1. The van der Waals surface area contributed by atoms with Crippen LogP contribution in [0.1, 0.15) is 26.3 Å². The van der Waals surface area contributed by atoms with Crippen LogP contribution in [0.4, 0.5) is 5.69 Å². The summed E-state index contributed by atoms with van der Waals surface area (Å²) < 4.78 is 10.4. The van der Waals surface area contributed by atoms with Gasteiger partial charge in [0, 0.05) is 17.7 Å². The Hall–Kier alpha value is -3.71. The van der Waals surface area contributed by atoms with Crippen LogP contribution in [0.2, 0.25) is 0 Å². The molecule has 0 atom stereocenters. The molecule has 0 radical (unpaired) electrons. The van der Waals surface area contributed by atoms with Gasteiger partial charge in [0.1, 0.15) is 5.75 Å². The van der Waals surface area contributed by atoms with Crippen LogP contribution in [-0.2, 0) is 11.2 Å². The van der Waals surface area contributed by atoms with Crippen molar-refractivity contribution in [1.82, 2.24) is 5.32 Å². The fraction of sp³-hybridized carbons (Fsp3) is 0.125. The van der Waals surface area contributed by atoms with Crippen LogP contribution in [0.15, 0.2) is 78.9 Å². The zero-order valence-corrected chi connectivity index (χ0v) is 17.8. The Morgan fingerprint density at radius 2 is 1.52 bits per heavy atom. The second-order valence-corrected chi connectivity index (χ2v) is 6.99. The van der Waals surface area contributed by atoms with Crippen LogP contribution in [0.5, 0.6) is 5.75 Å². The molecule has 3 rings (SSSR count). The first kappa shape index (κ1) is 22.0. The predicted octanol–water partition coefficient (Wildman–Crippen LogP) is 4.22. The summed E-state index contributed by atoms with van der Waals surface area (Å²) in [5, 5.41) is 5.68. The molecule has 0 aliphatic carbocycles. The van der Waals surface area contributed by atoms with Crippen molar-refractivity contribution in [3.8, 4) is 5.75 Å². The van der Waals surface area contributed by atoms with Gasteiger partial charge >= 0.3 is 5.97 Å². The van der Waals surface area contributed by atoms with Gasteiger partial charge in [-0.2, -0.15) is 0 Å². The second kappa shape index (κ2) is 10.9. The van der Waals surface area contributed by atoms with E-state index in [9.17, 15) is 9.59 Å². The molecule has 0 spiro atoms. The summed E-state index contributed by atoms with van der Waals surface area (Å²) in [5.74, 6) is -0.0617. The molecule has 31 heavy (non-hydrogen) atoms. The number of carbonyl (C=O) groups is 2. The zero-order chi connectivity index (χ0) is 22.1. The smallest absolute Gasteiger partial charge is 0.337 e. The van der Waals surface area contributed by atoms with Crippen molar-refractivity contribution in [3.63, 3.8) is 0 Å². The van der Waals surface area contributed by atoms with Crippen molar-refractivity contribution < 1.29 is 19.1 Å². The van der Waals surface area contributed by atoms with E-state index in [4.69, 9.17) is 17.0 Å². The molecule has 0 fully saturated rings. The van der Waals surface area contributed by atoms with Gasteiger partial charge in [-0.3, -0.25) is 10.1 Å². The number of hydrogen-bond donors (Lipinski definition) is 2. The van der Waals surface area contributed by atoms with E-state index in [0.29, 0.717) is 29.2 Å². The number of nitrogens with one attached hydrogen (secondary N) is 2. The van der Waals surface area contributed by atoms with Gasteiger partial charge in [-0.25, -0.2) is 4.79 Å². The van der Waals surface area contributed by atoms with Gasteiger partial charge < -0.3 is 14.8 Å². The summed E-state index contributed by atoms with van der Waals surface area (Å²) >= 11 is 5.19. The molecule has 0 aliphatic rings. The fourth-order valence-electron chi connectivity index (χ4n) is 2.78. The quantitative estimate of drug-likeness (QED) is 0.428. The third kappa shape index (κ3) is 6.65. The van der Waals surface area contributed by atoms with Gasteiger partial charge in [-0.05, 0) is 66.3 Å². The highest BCUT2D eigenvalue weighted by Crippen LogP contribution is 2.14. The van der Waals surface area contributed by atoms with E-state index in [-0.39, 0.29) is 11.0 Å². The molecule has 0 saturated carbocycles. The Labute approximate surface area is 186 Å². The first-order chi connectivity index (χ1) is 15.0. The maximum Gasteiger partial charge on any atom is 0.337 e. The molecule has 158 valence electrons. The first-order valence-corrected chi connectivity index (χ1v) is 10.0.